The molecule has 1 amide bonds. The normalized spacial score (nSPS) is 10.4. The van der Waals surface area contributed by atoms with Gasteiger partial charge in [0.15, 0.2) is 0 Å². The van der Waals surface area contributed by atoms with Crippen LogP contribution in [0.5, 0.6) is 17.2 Å². The van der Waals surface area contributed by atoms with E-state index in [2.05, 4.69) is 5.32 Å². The maximum Gasteiger partial charge on any atom is 0.259 e. The quantitative estimate of drug-likeness (QED) is 0.583. The molecular weight excluding hydrogens is 380 g/mol. The Kier molecular flexibility index (Phi) is 5.30. The van der Waals surface area contributed by atoms with Gasteiger partial charge in [-0.3, -0.25) is 4.79 Å². The van der Waals surface area contributed by atoms with Crippen molar-refractivity contribution < 1.29 is 19.0 Å². The molecule has 2 N–H and O–H groups in total. The molecule has 0 atom stereocenters. The number of phenols is 1. The Balaban J connectivity index is 1.75. The van der Waals surface area contributed by atoms with E-state index in [9.17, 15) is 14.3 Å². The first-order valence-corrected chi connectivity index (χ1v) is 8.21. The Morgan fingerprint density at radius 2 is 1.73 bits per heavy atom. The number of carbonyl (C=O) groups excluding carboxylic acids is 1. The summed E-state index contributed by atoms with van der Waals surface area (Å²) in [6, 6.07) is 14.5. The SMILES string of the molecule is O=C(Nc1ccc(Oc2ccc(Cl)cc2)c(Cl)c1)c1cc(F)ccc1O. The summed E-state index contributed by atoms with van der Waals surface area (Å²) in [4.78, 5) is 12.2. The number of amides is 1. The lowest BCUT2D eigenvalue weighted by atomic mass is 10.1. The van der Waals surface area contributed by atoms with Gasteiger partial charge in [0.2, 0.25) is 0 Å². The molecule has 0 bridgehead atoms. The number of benzene rings is 3. The number of carbonyl (C=O) groups is 1. The van der Waals surface area contributed by atoms with Crippen LogP contribution < -0.4 is 10.1 Å². The van der Waals surface area contributed by atoms with Gasteiger partial charge in [0.25, 0.3) is 5.91 Å². The van der Waals surface area contributed by atoms with Gasteiger partial charge in [-0.25, -0.2) is 4.39 Å². The minimum absolute atomic E-state index is 0.178. The average Bonchev–Trinajstić information content (AvgIpc) is 2.61. The summed E-state index contributed by atoms with van der Waals surface area (Å²) in [5.41, 5.74) is 0.190. The van der Waals surface area contributed by atoms with Crippen molar-refractivity contribution >= 4 is 34.8 Å². The van der Waals surface area contributed by atoms with Crippen LogP contribution in [0.2, 0.25) is 10.0 Å². The summed E-state index contributed by atoms with van der Waals surface area (Å²) in [5.74, 6) is -0.668. The van der Waals surface area contributed by atoms with Crippen LogP contribution in [0.25, 0.3) is 0 Å². The standard InChI is InChI=1S/C19H12Cl2FNO3/c20-11-1-5-14(6-2-11)26-18-8-4-13(10-16(18)21)23-19(25)15-9-12(22)3-7-17(15)24/h1-10,24H,(H,23,25). The number of anilines is 1. The summed E-state index contributed by atoms with van der Waals surface area (Å²) in [6.45, 7) is 0. The third kappa shape index (κ3) is 4.25. The van der Waals surface area contributed by atoms with Crippen LogP contribution in [-0.4, -0.2) is 11.0 Å². The van der Waals surface area contributed by atoms with Gasteiger partial charge in [0, 0.05) is 10.7 Å². The molecule has 0 unspecified atom stereocenters. The fourth-order valence-corrected chi connectivity index (χ4v) is 2.52. The Bertz CT molecular complexity index is 961. The molecule has 0 aromatic heterocycles. The second-order valence-corrected chi connectivity index (χ2v) is 6.16. The molecule has 0 radical (unpaired) electrons. The minimum Gasteiger partial charge on any atom is -0.507 e. The van der Waals surface area contributed by atoms with E-state index in [1.807, 2.05) is 0 Å². The molecule has 0 aliphatic heterocycles. The smallest absolute Gasteiger partial charge is 0.259 e. The molecule has 3 rings (SSSR count). The molecular formula is C19H12Cl2FNO3. The van der Waals surface area contributed by atoms with Gasteiger partial charge >= 0.3 is 0 Å². The summed E-state index contributed by atoms with van der Waals surface area (Å²) in [5, 5.41) is 13.1. The first-order chi connectivity index (χ1) is 12.4. The van der Waals surface area contributed by atoms with E-state index in [0.29, 0.717) is 22.2 Å². The summed E-state index contributed by atoms with van der Waals surface area (Å²) in [6.07, 6.45) is 0. The predicted molar refractivity (Wildman–Crippen MR) is 99.0 cm³/mol. The lowest BCUT2D eigenvalue weighted by Crippen LogP contribution is -2.12. The fourth-order valence-electron chi connectivity index (χ4n) is 2.18. The molecule has 0 aliphatic rings. The van der Waals surface area contributed by atoms with Gasteiger partial charge in [-0.05, 0) is 60.7 Å². The third-order valence-electron chi connectivity index (χ3n) is 3.43. The predicted octanol–water partition coefficient (Wildman–Crippen LogP) is 5.88. The molecule has 132 valence electrons. The Hall–Kier alpha value is -2.76. The maximum absolute atomic E-state index is 13.3. The highest BCUT2D eigenvalue weighted by molar-refractivity contribution is 6.32. The molecule has 0 spiro atoms. The van der Waals surface area contributed by atoms with Crippen molar-refractivity contribution in [2.45, 2.75) is 0 Å². The molecule has 0 aliphatic carbocycles. The fraction of sp³-hybridized carbons (Fsp3) is 0. The number of hydrogen-bond donors (Lipinski definition) is 2. The van der Waals surface area contributed by atoms with E-state index < -0.39 is 11.7 Å². The molecule has 26 heavy (non-hydrogen) atoms. The zero-order valence-corrected chi connectivity index (χ0v) is 14.7. The van der Waals surface area contributed by atoms with Gasteiger partial charge in [-0.1, -0.05) is 23.2 Å². The lowest BCUT2D eigenvalue weighted by molar-refractivity contribution is 0.102. The molecule has 3 aromatic rings. The first-order valence-electron chi connectivity index (χ1n) is 7.45. The monoisotopic (exact) mass is 391 g/mol. The van der Waals surface area contributed by atoms with Crippen LogP contribution in [0, 0.1) is 5.82 Å². The Labute approximate surface area is 158 Å². The molecule has 4 nitrogen and oxygen atoms in total. The van der Waals surface area contributed by atoms with Crippen molar-refractivity contribution in [3.8, 4) is 17.2 Å². The van der Waals surface area contributed by atoms with Gasteiger partial charge < -0.3 is 15.2 Å². The summed E-state index contributed by atoms with van der Waals surface area (Å²) in [7, 11) is 0. The van der Waals surface area contributed by atoms with Crippen LogP contribution in [-0.2, 0) is 0 Å². The molecule has 0 heterocycles. The van der Waals surface area contributed by atoms with Crippen LogP contribution in [0.15, 0.2) is 60.7 Å². The maximum atomic E-state index is 13.3. The van der Waals surface area contributed by atoms with E-state index in [1.165, 1.54) is 6.07 Å². The van der Waals surface area contributed by atoms with Crippen molar-refractivity contribution in [3.05, 3.63) is 82.1 Å². The molecule has 0 fully saturated rings. The van der Waals surface area contributed by atoms with Gasteiger partial charge in [0.1, 0.15) is 23.1 Å². The van der Waals surface area contributed by atoms with Crippen LogP contribution in [0.4, 0.5) is 10.1 Å². The van der Waals surface area contributed by atoms with E-state index in [-0.39, 0.29) is 16.3 Å². The number of ether oxygens (including phenoxy) is 1. The van der Waals surface area contributed by atoms with E-state index in [0.717, 1.165) is 18.2 Å². The van der Waals surface area contributed by atoms with Crippen molar-refractivity contribution in [2.75, 3.05) is 5.32 Å². The van der Waals surface area contributed by atoms with E-state index in [1.54, 1.807) is 36.4 Å². The third-order valence-corrected chi connectivity index (χ3v) is 3.98. The summed E-state index contributed by atoms with van der Waals surface area (Å²) >= 11 is 12.0. The number of halogens is 3. The molecule has 0 saturated heterocycles. The van der Waals surface area contributed by atoms with Gasteiger partial charge in [0.05, 0.1) is 10.6 Å². The highest BCUT2D eigenvalue weighted by atomic mass is 35.5. The van der Waals surface area contributed by atoms with Gasteiger partial charge in [-0.2, -0.15) is 0 Å². The van der Waals surface area contributed by atoms with E-state index >= 15 is 0 Å². The summed E-state index contributed by atoms with van der Waals surface area (Å²) < 4.78 is 18.9. The molecule has 3 aromatic carbocycles. The van der Waals surface area contributed by atoms with Crippen molar-refractivity contribution in [1.29, 1.82) is 0 Å². The van der Waals surface area contributed by atoms with Crippen molar-refractivity contribution in [3.63, 3.8) is 0 Å². The first kappa shape index (κ1) is 18.0. The number of nitrogens with one attached hydrogen (secondary N) is 1. The zero-order chi connectivity index (χ0) is 18.7. The van der Waals surface area contributed by atoms with Crippen LogP contribution in [0.1, 0.15) is 10.4 Å². The average molecular weight is 392 g/mol. The molecule has 0 saturated carbocycles. The largest absolute Gasteiger partial charge is 0.507 e. The highest BCUT2D eigenvalue weighted by Crippen LogP contribution is 2.32. The van der Waals surface area contributed by atoms with E-state index in [4.69, 9.17) is 27.9 Å². The van der Waals surface area contributed by atoms with Gasteiger partial charge in [-0.15, -0.1) is 0 Å². The second kappa shape index (κ2) is 7.64. The number of aromatic hydroxyl groups is 1. The second-order valence-electron chi connectivity index (χ2n) is 5.32. The van der Waals surface area contributed by atoms with Crippen LogP contribution in [0.3, 0.4) is 0 Å². The number of phenolic OH excluding ortho intramolecular Hbond substituents is 1. The van der Waals surface area contributed by atoms with Crippen LogP contribution >= 0.6 is 23.2 Å². The zero-order valence-electron chi connectivity index (χ0n) is 13.2. The van der Waals surface area contributed by atoms with Crippen molar-refractivity contribution in [1.82, 2.24) is 0 Å². The Morgan fingerprint density at radius 3 is 2.42 bits per heavy atom. The van der Waals surface area contributed by atoms with Crippen molar-refractivity contribution in [2.24, 2.45) is 0 Å². The number of hydrogen-bond acceptors (Lipinski definition) is 3. The highest BCUT2D eigenvalue weighted by Gasteiger charge is 2.13. The Morgan fingerprint density at radius 1 is 1.00 bits per heavy atom. The lowest BCUT2D eigenvalue weighted by Gasteiger charge is -2.11. The molecule has 7 heteroatoms. The topological polar surface area (TPSA) is 58.6 Å². The number of rotatable bonds is 4. The minimum atomic E-state index is -0.663.